The van der Waals surface area contributed by atoms with Crippen molar-refractivity contribution in [3.63, 3.8) is 0 Å². The van der Waals surface area contributed by atoms with Gasteiger partial charge >= 0.3 is 11.9 Å². The highest BCUT2D eigenvalue weighted by molar-refractivity contribution is 7.92. The summed E-state index contributed by atoms with van der Waals surface area (Å²) in [5.41, 5.74) is 1.70. The quantitative estimate of drug-likeness (QED) is 0.266. The number of piperidine rings is 1. The summed E-state index contributed by atoms with van der Waals surface area (Å²) in [6, 6.07) is 15.7. The summed E-state index contributed by atoms with van der Waals surface area (Å²) in [7, 11) is -3.77. The van der Waals surface area contributed by atoms with Crippen LogP contribution >= 0.6 is 22.9 Å². The summed E-state index contributed by atoms with van der Waals surface area (Å²) in [5, 5.41) is 13.1. The van der Waals surface area contributed by atoms with Gasteiger partial charge in [0.1, 0.15) is 5.02 Å². The SMILES string of the molecule is O=C(COc1c(C(=O)O)sc(-c2cccc(N(C3CCNCC3)S(=O)(=O)Cc3ccccc3)c2)c1Cl)OCC1CC1. The van der Waals surface area contributed by atoms with Gasteiger partial charge in [-0.25, -0.2) is 18.0 Å². The van der Waals surface area contributed by atoms with Crippen LogP contribution in [0.4, 0.5) is 5.69 Å². The number of carboxylic acids is 1. The predicted octanol–water partition coefficient (Wildman–Crippen LogP) is 5.19. The van der Waals surface area contributed by atoms with E-state index in [1.165, 1.54) is 4.31 Å². The van der Waals surface area contributed by atoms with Crippen LogP contribution in [0.25, 0.3) is 10.4 Å². The lowest BCUT2D eigenvalue weighted by molar-refractivity contribution is -0.146. The maximum Gasteiger partial charge on any atom is 0.349 e. The van der Waals surface area contributed by atoms with Crippen molar-refractivity contribution in [1.82, 2.24) is 5.32 Å². The number of nitrogens with zero attached hydrogens (tertiary/aromatic N) is 1. The van der Waals surface area contributed by atoms with Crippen LogP contribution in [0, 0.1) is 5.92 Å². The van der Waals surface area contributed by atoms with Crippen LogP contribution in [-0.4, -0.2) is 57.8 Å². The summed E-state index contributed by atoms with van der Waals surface area (Å²) >= 11 is 7.54. The number of benzene rings is 2. The first-order valence-electron chi connectivity index (χ1n) is 13.4. The Morgan fingerprint density at radius 3 is 2.46 bits per heavy atom. The number of rotatable bonds is 12. The normalized spacial score (nSPS) is 15.8. The molecule has 3 aromatic rings. The van der Waals surface area contributed by atoms with E-state index in [1.807, 2.05) is 18.2 Å². The van der Waals surface area contributed by atoms with Crippen LogP contribution in [-0.2, 0) is 25.3 Å². The molecule has 2 aliphatic rings. The molecule has 2 aromatic carbocycles. The number of sulfonamides is 1. The molecule has 218 valence electrons. The van der Waals surface area contributed by atoms with Crippen molar-refractivity contribution in [3.8, 4) is 16.2 Å². The average molecular weight is 619 g/mol. The van der Waals surface area contributed by atoms with E-state index in [-0.39, 0.29) is 27.4 Å². The lowest BCUT2D eigenvalue weighted by Crippen LogP contribution is -2.46. The standard InChI is InChI=1S/C29H31ClN2O7S2/c30-25-26(39-17-24(33)38-16-19-9-10-19)28(29(34)35)40-27(25)21-7-4-8-23(15-21)32(22-11-13-31-14-12-22)41(36,37)18-20-5-2-1-3-6-20/h1-8,15,19,22,31H,9-14,16-18H2,(H,34,35). The number of anilines is 1. The third kappa shape index (κ3) is 7.21. The Labute approximate surface area is 248 Å². The number of aromatic carboxylic acids is 1. The van der Waals surface area contributed by atoms with Crippen LogP contribution in [0.15, 0.2) is 54.6 Å². The highest BCUT2D eigenvalue weighted by atomic mass is 35.5. The molecule has 1 aliphatic carbocycles. The van der Waals surface area contributed by atoms with Crippen LogP contribution in [0.2, 0.25) is 5.02 Å². The van der Waals surface area contributed by atoms with Crippen molar-refractivity contribution in [1.29, 1.82) is 0 Å². The van der Waals surface area contributed by atoms with E-state index in [0.29, 0.717) is 60.1 Å². The van der Waals surface area contributed by atoms with Gasteiger partial charge in [-0.1, -0.05) is 54.1 Å². The van der Waals surface area contributed by atoms with Gasteiger partial charge in [-0.2, -0.15) is 0 Å². The molecule has 0 amide bonds. The lowest BCUT2D eigenvalue weighted by atomic mass is 10.1. The number of nitrogens with one attached hydrogen (secondary N) is 1. The first kappa shape index (κ1) is 29.4. The van der Waals surface area contributed by atoms with E-state index in [2.05, 4.69) is 5.32 Å². The number of thiophene rings is 1. The Balaban J connectivity index is 1.45. The fourth-order valence-corrected chi connectivity index (χ4v) is 8.05. The highest BCUT2D eigenvalue weighted by Crippen LogP contribution is 2.46. The molecular weight excluding hydrogens is 588 g/mol. The smallest absolute Gasteiger partial charge is 0.349 e. The molecule has 0 bridgehead atoms. The second-order valence-electron chi connectivity index (χ2n) is 10.2. The molecule has 41 heavy (non-hydrogen) atoms. The number of hydrogen-bond donors (Lipinski definition) is 2. The zero-order valence-electron chi connectivity index (χ0n) is 22.3. The number of carbonyl (C=O) groups excluding carboxylic acids is 1. The van der Waals surface area contributed by atoms with Gasteiger partial charge in [-0.3, -0.25) is 4.31 Å². The zero-order valence-corrected chi connectivity index (χ0v) is 24.6. The number of carboxylic acid groups (broad SMARTS) is 1. The molecule has 2 fully saturated rings. The number of hydrogen-bond acceptors (Lipinski definition) is 8. The molecule has 2 N–H and O–H groups in total. The summed E-state index contributed by atoms with van der Waals surface area (Å²) in [6.07, 6.45) is 3.35. The van der Waals surface area contributed by atoms with E-state index in [4.69, 9.17) is 21.1 Å². The Morgan fingerprint density at radius 1 is 1.05 bits per heavy atom. The van der Waals surface area contributed by atoms with E-state index in [0.717, 1.165) is 24.2 Å². The van der Waals surface area contributed by atoms with Gasteiger partial charge in [-0.05, 0) is 68.0 Å². The Hall–Kier alpha value is -3.12. The first-order chi connectivity index (χ1) is 19.7. The molecule has 1 saturated carbocycles. The molecule has 0 atom stereocenters. The van der Waals surface area contributed by atoms with Crippen molar-refractivity contribution in [3.05, 3.63) is 70.1 Å². The number of carbonyl (C=O) groups is 2. The van der Waals surface area contributed by atoms with E-state index >= 15 is 0 Å². The molecular formula is C29H31ClN2O7S2. The summed E-state index contributed by atoms with van der Waals surface area (Å²) in [4.78, 5) is 24.4. The lowest BCUT2D eigenvalue weighted by Gasteiger charge is -2.35. The molecule has 1 aromatic heterocycles. The molecule has 0 radical (unpaired) electrons. The second-order valence-corrected chi connectivity index (χ2v) is 13.4. The first-order valence-corrected chi connectivity index (χ1v) is 16.2. The van der Waals surface area contributed by atoms with Crippen LogP contribution in [0.3, 0.4) is 0 Å². The topological polar surface area (TPSA) is 122 Å². The van der Waals surface area contributed by atoms with Crippen molar-refractivity contribution < 1.29 is 32.6 Å². The van der Waals surface area contributed by atoms with Gasteiger partial charge in [0.25, 0.3) is 0 Å². The maximum absolute atomic E-state index is 13.9. The number of esters is 1. The third-order valence-electron chi connectivity index (χ3n) is 7.01. The summed E-state index contributed by atoms with van der Waals surface area (Å²) in [6.45, 7) is 1.25. The van der Waals surface area contributed by atoms with Crippen molar-refractivity contribution >= 4 is 50.6 Å². The molecule has 2 heterocycles. The Kier molecular flexibility index (Phi) is 9.18. The minimum absolute atomic E-state index is 0.0418. The molecule has 9 nitrogen and oxygen atoms in total. The Morgan fingerprint density at radius 2 is 1.78 bits per heavy atom. The minimum Gasteiger partial charge on any atom is -0.479 e. The van der Waals surface area contributed by atoms with Gasteiger partial charge in [0.15, 0.2) is 17.2 Å². The molecule has 1 aliphatic heterocycles. The monoisotopic (exact) mass is 618 g/mol. The largest absolute Gasteiger partial charge is 0.479 e. The number of halogens is 1. The molecule has 1 saturated heterocycles. The average Bonchev–Trinajstić information content (AvgIpc) is 3.73. The fraction of sp³-hybridized carbons (Fsp3) is 0.379. The van der Waals surface area contributed by atoms with Crippen LogP contribution in [0.5, 0.6) is 5.75 Å². The fourth-order valence-electron chi connectivity index (χ4n) is 4.80. The highest BCUT2D eigenvalue weighted by Gasteiger charge is 2.32. The minimum atomic E-state index is -3.77. The van der Waals surface area contributed by atoms with Gasteiger partial charge in [0, 0.05) is 6.04 Å². The van der Waals surface area contributed by atoms with Crippen LogP contribution < -0.4 is 14.4 Å². The van der Waals surface area contributed by atoms with Gasteiger partial charge in [-0.15, -0.1) is 11.3 Å². The van der Waals surface area contributed by atoms with Crippen molar-refractivity contribution in [2.24, 2.45) is 5.92 Å². The number of ether oxygens (including phenoxy) is 2. The summed E-state index contributed by atoms with van der Waals surface area (Å²) < 4.78 is 39.9. The van der Waals surface area contributed by atoms with Crippen molar-refractivity contribution in [2.75, 3.05) is 30.6 Å². The van der Waals surface area contributed by atoms with Gasteiger partial charge in [0.2, 0.25) is 10.0 Å². The molecule has 0 unspecified atom stereocenters. The van der Waals surface area contributed by atoms with Crippen molar-refractivity contribution in [2.45, 2.75) is 37.5 Å². The summed E-state index contributed by atoms with van der Waals surface area (Å²) in [5.74, 6) is -1.72. The zero-order chi connectivity index (χ0) is 29.0. The molecule has 0 spiro atoms. The van der Waals surface area contributed by atoms with E-state index < -0.39 is 28.6 Å². The maximum atomic E-state index is 13.9. The second kappa shape index (κ2) is 12.8. The van der Waals surface area contributed by atoms with Gasteiger partial charge in [0.05, 0.1) is 22.9 Å². The Bertz CT molecular complexity index is 1500. The van der Waals surface area contributed by atoms with Gasteiger partial charge < -0.3 is 19.9 Å². The third-order valence-corrected chi connectivity index (χ3v) is 10.5. The van der Waals surface area contributed by atoms with Crippen LogP contribution in [0.1, 0.15) is 40.9 Å². The predicted molar refractivity (Wildman–Crippen MR) is 158 cm³/mol. The molecule has 12 heteroatoms. The van der Waals surface area contributed by atoms with E-state index in [1.54, 1.807) is 36.4 Å². The molecule has 5 rings (SSSR count). The van der Waals surface area contributed by atoms with E-state index in [9.17, 15) is 23.1 Å².